The van der Waals surface area contributed by atoms with Gasteiger partial charge in [-0.05, 0) is 37.1 Å². The molecule has 5 aromatic rings. The van der Waals surface area contributed by atoms with Crippen LogP contribution in [0.1, 0.15) is 30.8 Å². The fourth-order valence-corrected chi connectivity index (χ4v) is 3.95. The standard InChI is InChI=1S/C23H19F2N7O/c1-3-15(30-21-18-20(27-10-26-18)28-11-29-21)22-31-16-9-4-6-12(2)17(16)23(33)32(22)19-13(24)7-5-8-14(19)25/h4-11,15H,3H2,1-2H3,(H2,26,27,28,29,30). The van der Waals surface area contributed by atoms with Crippen LogP contribution in [0.4, 0.5) is 14.6 Å². The van der Waals surface area contributed by atoms with Gasteiger partial charge in [-0.25, -0.2) is 28.7 Å². The van der Waals surface area contributed by atoms with Crippen LogP contribution < -0.4 is 10.9 Å². The number of nitrogens with zero attached hydrogens (tertiary/aromatic N) is 5. The van der Waals surface area contributed by atoms with E-state index in [1.54, 1.807) is 25.1 Å². The second-order valence-electron chi connectivity index (χ2n) is 7.58. The maximum Gasteiger partial charge on any atom is 0.266 e. The van der Waals surface area contributed by atoms with E-state index in [2.05, 4.69) is 30.2 Å². The lowest BCUT2D eigenvalue weighted by Gasteiger charge is -2.23. The molecule has 0 bridgehead atoms. The van der Waals surface area contributed by atoms with Crippen LogP contribution in [-0.4, -0.2) is 29.5 Å². The first-order valence-corrected chi connectivity index (χ1v) is 10.4. The third-order valence-corrected chi connectivity index (χ3v) is 5.55. The maximum absolute atomic E-state index is 14.9. The van der Waals surface area contributed by atoms with E-state index in [0.717, 1.165) is 16.7 Å². The summed E-state index contributed by atoms with van der Waals surface area (Å²) in [5.74, 6) is -1.12. The molecule has 0 saturated heterocycles. The van der Waals surface area contributed by atoms with Gasteiger partial charge in [0.15, 0.2) is 11.5 Å². The topological polar surface area (TPSA) is 101 Å². The summed E-state index contributed by atoms with van der Waals surface area (Å²) in [6.07, 6.45) is 3.30. The number of aryl methyl sites for hydroxylation is 1. The molecule has 2 aromatic carbocycles. The van der Waals surface area contributed by atoms with E-state index in [-0.39, 0.29) is 5.82 Å². The molecule has 0 radical (unpaired) electrons. The number of imidazole rings is 1. The molecule has 0 spiro atoms. The van der Waals surface area contributed by atoms with Gasteiger partial charge in [-0.2, -0.15) is 0 Å². The van der Waals surface area contributed by atoms with Crippen LogP contribution in [0.2, 0.25) is 0 Å². The molecule has 0 aliphatic heterocycles. The number of aromatic amines is 1. The molecule has 0 fully saturated rings. The van der Waals surface area contributed by atoms with Crippen LogP contribution >= 0.6 is 0 Å². The molecular formula is C23H19F2N7O. The predicted octanol–water partition coefficient (Wildman–Crippen LogP) is 4.20. The summed E-state index contributed by atoms with van der Waals surface area (Å²) in [7, 11) is 0. The molecule has 0 amide bonds. The van der Waals surface area contributed by atoms with Gasteiger partial charge < -0.3 is 10.3 Å². The van der Waals surface area contributed by atoms with Crippen molar-refractivity contribution in [2.45, 2.75) is 26.3 Å². The van der Waals surface area contributed by atoms with Crippen molar-refractivity contribution in [2.24, 2.45) is 0 Å². The number of anilines is 1. The largest absolute Gasteiger partial charge is 0.358 e. The van der Waals surface area contributed by atoms with Crippen LogP contribution in [0.3, 0.4) is 0 Å². The van der Waals surface area contributed by atoms with Gasteiger partial charge in [-0.1, -0.05) is 25.1 Å². The molecular weight excluding hydrogens is 428 g/mol. The van der Waals surface area contributed by atoms with Crippen molar-refractivity contribution in [1.82, 2.24) is 29.5 Å². The first-order chi connectivity index (χ1) is 16.0. The molecule has 2 N–H and O–H groups in total. The molecule has 1 unspecified atom stereocenters. The van der Waals surface area contributed by atoms with Gasteiger partial charge in [-0.3, -0.25) is 9.36 Å². The minimum atomic E-state index is -0.860. The highest BCUT2D eigenvalue weighted by atomic mass is 19.1. The third-order valence-electron chi connectivity index (χ3n) is 5.55. The summed E-state index contributed by atoms with van der Waals surface area (Å²) in [5, 5.41) is 3.54. The highest BCUT2D eigenvalue weighted by molar-refractivity contribution is 5.83. The minimum Gasteiger partial charge on any atom is -0.358 e. The maximum atomic E-state index is 14.9. The molecule has 166 valence electrons. The molecule has 33 heavy (non-hydrogen) atoms. The summed E-state index contributed by atoms with van der Waals surface area (Å²) in [4.78, 5) is 33.8. The monoisotopic (exact) mass is 447 g/mol. The highest BCUT2D eigenvalue weighted by Crippen LogP contribution is 2.28. The normalized spacial score (nSPS) is 12.4. The molecule has 1 atom stereocenters. The molecule has 0 aliphatic rings. The first-order valence-electron chi connectivity index (χ1n) is 10.4. The fourth-order valence-electron chi connectivity index (χ4n) is 3.95. The van der Waals surface area contributed by atoms with Crippen molar-refractivity contribution in [1.29, 1.82) is 0 Å². The number of para-hydroxylation sites is 1. The average molecular weight is 447 g/mol. The minimum absolute atomic E-state index is 0.163. The summed E-state index contributed by atoms with van der Waals surface area (Å²) in [6.45, 7) is 3.64. The Labute approximate surface area is 186 Å². The van der Waals surface area contributed by atoms with Crippen molar-refractivity contribution >= 4 is 27.9 Å². The van der Waals surface area contributed by atoms with Crippen LogP contribution in [0, 0.1) is 18.6 Å². The molecule has 10 heteroatoms. The highest BCUT2D eigenvalue weighted by Gasteiger charge is 2.25. The number of rotatable bonds is 5. The SMILES string of the molecule is CCC(Nc1ncnc2nc[nH]c12)c1nc2cccc(C)c2c(=O)n1-c1c(F)cccc1F. The fraction of sp³-hybridized carbons (Fsp3) is 0.174. The van der Waals surface area contributed by atoms with Gasteiger partial charge in [0.1, 0.15) is 35.0 Å². The average Bonchev–Trinajstić information content (AvgIpc) is 3.28. The Bertz CT molecular complexity index is 1540. The van der Waals surface area contributed by atoms with Crippen LogP contribution in [-0.2, 0) is 0 Å². The number of hydrogen-bond acceptors (Lipinski definition) is 6. The second-order valence-corrected chi connectivity index (χ2v) is 7.58. The molecule has 3 heterocycles. The molecule has 8 nitrogen and oxygen atoms in total. The van der Waals surface area contributed by atoms with Crippen molar-refractivity contribution in [3.8, 4) is 5.69 Å². The van der Waals surface area contributed by atoms with E-state index in [1.165, 1.54) is 18.7 Å². The van der Waals surface area contributed by atoms with Crippen molar-refractivity contribution in [3.05, 3.63) is 82.4 Å². The van der Waals surface area contributed by atoms with E-state index >= 15 is 0 Å². The Kier molecular flexibility index (Phi) is 5.04. The van der Waals surface area contributed by atoms with Gasteiger partial charge in [-0.15, -0.1) is 0 Å². The van der Waals surface area contributed by atoms with Gasteiger partial charge in [0, 0.05) is 0 Å². The summed E-state index contributed by atoms with van der Waals surface area (Å²) in [5.41, 5.74) is 1.12. The Balaban J connectivity index is 1.79. The smallest absolute Gasteiger partial charge is 0.266 e. The van der Waals surface area contributed by atoms with Gasteiger partial charge in [0.25, 0.3) is 5.56 Å². The molecule has 3 aromatic heterocycles. The second kappa shape index (κ2) is 8.05. The third kappa shape index (κ3) is 3.39. The van der Waals surface area contributed by atoms with Crippen LogP contribution in [0.25, 0.3) is 27.8 Å². The number of hydrogen-bond donors (Lipinski definition) is 2. The van der Waals surface area contributed by atoms with Gasteiger partial charge in [0.2, 0.25) is 0 Å². The van der Waals surface area contributed by atoms with E-state index in [9.17, 15) is 13.6 Å². The first kappa shape index (κ1) is 20.7. The summed E-state index contributed by atoms with van der Waals surface area (Å²) < 4.78 is 30.8. The lowest BCUT2D eigenvalue weighted by atomic mass is 10.1. The number of nitrogens with one attached hydrogen (secondary N) is 2. The molecule has 0 aliphatic carbocycles. The quantitative estimate of drug-likeness (QED) is 0.419. The lowest BCUT2D eigenvalue weighted by Crippen LogP contribution is -2.30. The Morgan fingerprint density at radius 1 is 1.09 bits per heavy atom. The molecule has 0 saturated carbocycles. The van der Waals surface area contributed by atoms with E-state index in [4.69, 9.17) is 0 Å². The number of halogens is 2. The number of fused-ring (bicyclic) bond motifs is 2. The summed E-state index contributed by atoms with van der Waals surface area (Å²) >= 11 is 0. The number of benzene rings is 2. The van der Waals surface area contributed by atoms with E-state index in [0.29, 0.717) is 39.9 Å². The zero-order chi connectivity index (χ0) is 23.1. The van der Waals surface area contributed by atoms with Crippen molar-refractivity contribution < 1.29 is 8.78 Å². The van der Waals surface area contributed by atoms with E-state index < -0.39 is 28.9 Å². The Morgan fingerprint density at radius 3 is 2.61 bits per heavy atom. The van der Waals surface area contributed by atoms with E-state index in [1.807, 2.05) is 6.92 Å². The predicted molar refractivity (Wildman–Crippen MR) is 120 cm³/mol. The zero-order valence-corrected chi connectivity index (χ0v) is 17.8. The van der Waals surface area contributed by atoms with Crippen LogP contribution in [0.5, 0.6) is 0 Å². The van der Waals surface area contributed by atoms with Crippen LogP contribution in [0.15, 0.2) is 53.8 Å². The Hall–Kier alpha value is -4.21. The van der Waals surface area contributed by atoms with Crippen molar-refractivity contribution in [2.75, 3.05) is 5.32 Å². The zero-order valence-electron chi connectivity index (χ0n) is 17.8. The van der Waals surface area contributed by atoms with Crippen molar-refractivity contribution in [3.63, 3.8) is 0 Å². The summed E-state index contributed by atoms with van der Waals surface area (Å²) in [6, 6.07) is 8.13. The molecule has 5 rings (SSSR count). The van der Waals surface area contributed by atoms with Gasteiger partial charge in [0.05, 0.1) is 23.3 Å². The number of aromatic nitrogens is 6. The Morgan fingerprint density at radius 2 is 1.85 bits per heavy atom. The van der Waals surface area contributed by atoms with Gasteiger partial charge >= 0.3 is 0 Å². The number of H-pyrrole nitrogens is 1. The lowest BCUT2D eigenvalue weighted by molar-refractivity contribution is 0.553.